The van der Waals surface area contributed by atoms with Crippen LogP contribution in [0.1, 0.15) is 31.9 Å². The number of hydrogen-bond acceptors (Lipinski definition) is 2. The van der Waals surface area contributed by atoms with Gasteiger partial charge in [-0.15, -0.1) is 0 Å². The first-order valence-corrected chi connectivity index (χ1v) is 5.34. The molecule has 84 valence electrons. The first-order chi connectivity index (χ1) is 6.80. The second kappa shape index (κ2) is 4.23. The normalized spacial score (nSPS) is 12.1. The van der Waals surface area contributed by atoms with Gasteiger partial charge in [0.15, 0.2) is 0 Å². The molecule has 0 fully saturated rings. The summed E-state index contributed by atoms with van der Waals surface area (Å²) in [6.45, 7) is 7.50. The maximum Gasteiger partial charge on any atom is 0.0362 e. The molecule has 0 aliphatic heterocycles. The Morgan fingerprint density at radius 3 is 2.20 bits per heavy atom. The first kappa shape index (κ1) is 12.1. The van der Waals surface area contributed by atoms with Crippen molar-refractivity contribution in [2.45, 2.75) is 32.7 Å². The number of hydrogen-bond donors (Lipinski definition) is 1. The Morgan fingerprint density at radius 1 is 1.20 bits per heavy atom. The Morgan fingerprint density at radius 2 is 1.80 bits per heavy atom. The number of benzene rings is 1. The van der Waals surface area contributed by atoms with Gasteiger partial charge in [0.2, 0.25) is 0 Å². The van der Waals surface area contributed by atoms with Gasteiger partial charge in [-0.2, -0.15) is 0 Å². The third kappa shape index (κ3) is 3.24. The van der Waals surface area contributed by atoms with Crippen LogP contribution in [0.15, 0.2) is 18.2 Å². The molecule has 0 aliphatic rings. The van der Waals surface area contributed by atoms with Gasteiger partial charge in [0, 0.05) is 12.2 Å². The van der Waals surface area contributed by atoms with Crippen LogP contribution < -0.4 is 5.73 Å². The maximum atomic E-state index is 6.04. The van der Waals surface area contributed by atoms with Crippen LogP contribution in [-0.2, 0) is 12.0 Å². The lowest BCUT2D eigenvalue weighted by atomic mass is 9.86. The second-order valence-electron chi connectivity index (χ2n) is 5.40. The number of rotatable bonds is 2. The summed E-state index contributed by atoms with van der Waals surface area (Å²) >= 11 is 0. The summed E-state index contributed by atoms with van der Waals surface area (Å²) in [5.74, 6) is 0. The monoisotopic (exact) mass is 206 g/mol. The molecule has 1 rings (SSSR count). The van der Waals surface area contributed by atoms with Crippen LogP contribution in [0.5, 0.6) is 0 Å². The molecule has 0 spiro atoms. The minimum Gasteiger partial charge on any atom is -0.398 e. The van der Waals surface area contributed by atoms with Crippen molar-refractivity contribution in [1.29, 1.82) is 0 Å². The quantitative estimate of drug-likeness (QED) is 0.754. The van der Waals surface area contributed by atoms with Crippen LogP contribution in [0.2, 0.25) is 0 Å². The molecule has 0 amide bonds. The van der Waals surface area contributed by atoms with Gasteiger partial charge in [-0.25, -0.2) is 0 Å². The lowest BCUT2D eigenvalue weighted by molar-refractivity contribution is 0.403. The van der Waals surface area contributed by atoms with E-state index in [1.54, 1.807) is 0 Å². The molecule has 0 saturated heterocycles. The van der Waals surface area contributed by atoms with Crippen molar-refractivity contribution >= 4 is 5.69 Å². The highest BCUT2D eigenvalue weighted by Crippen LogP contribution is 2.26. The molecular formula is C13H22N2. The molecule has 2 N–H and O–H groups in total. The fourth-order valence-electron chi connectivity index (χ4n) is 1.55. The van der Waals surface area contributed by atoms with E-state index in [4.69, 9.17) is 5.73 Å². The van der Waals surface area contributed by atoms with Crippen molar-refractivity contribution in [2.75, 3.05) is 19.8 Å². The van der Waals surface area contributed by atoms with E-state index in [9.17, 15) is 0 Å². The highest BCUT2D eigenvalue weighted by molar-refractivity contribution is 5.50. The van der Waals surface area contributed by atoms with Crippen molar-refractivity contribution in [1.82, 2.24) is 4.90 Å². The van der Waals surface area contributed by atoms with E-state index >= 15 is 0 Å². The van der Waals surface area contributed by atoms with Crippen LogP contribution in [0.3, 0.4) is 0 Å². The van der Waals surface area contributed by atoms with Gasteiger partial charge < -0.3 is 10.6 Å². The number of nitrogens with zero attached hydrogens (tertiary/aromatic N) is 1. The standard InChI is InChI=1S/C13H22N2/c1-13(2,3)11-7-6-10(9-15(4)5)12(14)8-11/h6-8H,9,14H2,1-5H3. The Labute approximate surface area is 93.1 Å². The fraction of sp³-hybridized carbons (Fsp3) is 0.538. The summed E-state index contributed by atoms with van der Waals surface area (Å²) in [6.07, 6.45) is 0. The van der Waals surface area contributed by atoms with E-state index in [2.05, 4.69) is 58.0 Å². The zero-order valence-corrected chi connectivity index (χ0v) is 10.5. The first-order valence-electron chi connectivity index (χ1n) is 5.34. The average molecular weight is 206 g/mol. The lowest BCUT2D eigenvalue weighted by Crippen LogP contribution is -2.15. The molecule has 0 radical (unpaired) electrons. The molecule has 2 nitrogen and oxygen atoms in total. The molecule has 15 heavy (non-hydrogen) atoms. The largest absolute Gasteiger partial charge is 0.398 e. The van der Waals surface area contributed by atoms with Gasteiger partial charge in [0.05, 0.1) is 0 Å². The Hall–Kier alpha value is -1.02. The van der Waals surface area contributed by atoms with Crippen molar-refractivity contribution in [2.24, 2.45) is 0 Å². The van der Waals surface area contributed by atoms with E-state index in [0.29, 0.717) is 0 Å². The minimum absolute atomic E-state index is 0.171. The zero-order chi connectivity index (χ0) is 11.6. The van der Waals surface area contributed by atoms with Crippen molar-refractivity contribution in [3.05, 3.63) is 29.3 Å². The van der Waals surface area contributed by atoms with E-state index in [1.807, 2.05) is 0 Å². The molecule has 0 aromatic heterocycles. The second-order valence-corrected chi connectivity index (χ2v) is 5.40. The molecule has 1 aromatic rings. The number of nitrogens with two attached hydrogens (primary N) is 1. The van der Waals surface area contributed by atoms with Gasteiger partial charge in [-0.05, 0) is 36.7 Å². The smallest absolute Gasteiger partial charge is 0.0362 e. The summed E-state index contributed by atoms with van der Waals surface area (Å²) in [7, 11) is 4.11. The van der Waals surface area contributed by atoms with Crippen LogP contribution >= 0.6 is 0 Å². The van der Waals surface area contributed by atoms with Crippen LogP contribution in [0, 0.1) is 0 Å². The van der Waals surface area contributed by atoms with E-state index in [1.165, 1.54) is 11.1 Å². The molecule has 1 aromatic carbocycles. The van der Waals surface area contributed by atoms with Crippen molar-refractivity contribution in [3.8, 4) is 0 Å². The summed E-state index contributed by atoms with van der Waals surface area (Å²) in [5.41, 5.74) is 9.61. The van der Waals surface area contributed by atoms with E-state index in [0.717, 1.165) is 12.2 Å². The number of anilines is 1. The van der Waals surface area contributed by atoms with Gasteiger partial charge in [-0.3, -0.25) is 0 Å². The maximum absolute atomic E-state index is 6.04. The van der Waals surface area contributed by atoms with Crippen LogP contribution in [-0.4, -0.2) is 19.0 Å². The molecule has 0 heterocycles. The molecule has 0 atom stereocenters. The molecule has 2 heteroatoms. The minimum atomic E-state index is 0.171. The lowest BCUT2D eigenvalue weighted by Gasteiger charge is -2.21. The topological polar surface area (TPSA) is 29.3 Å². The third-order valence-corrected chi connectivity index (χ3v) is 2.50. The summed E-state index contributed by atoms with van der Waals surface area (Å²) in [5, 5.41) is 0. The van der Waals surface area contributed by atoms with E-state index in [-0.39, 0.29) is 5.41 Å². The van der Waals surface area contributed by atoms with Crippen LogP contribution in [0.4, 0.5) is 5.69 Å². The predicted octanol–water partition coefficient (Wildman–Crippen LogP) is 2.63. The van der Waals surface area contributed by atoms with Crippen molar-refractivity contribution in [3.63, 3.8) is 0 Å². The van der Waals surface area contributed by atoms with Crippen molar-refractivity contribution < 1.29 is 0 Å². The molecular weight excluding hydrogens is 184 g/mol. The number of nitrogen functional groups attached to an aromatic ring is 1. The zero-order valence-electron chi connectivity index (χ0n) is 10.5. The van der Waals surface area contributed by atoms with Gasteiger partial charge in [0.1, 0.15) is 0 Å². The Bertz CT molecular complexity index is 335. The summed E-state index contributed by atoms with van der Waals surface area (Å²) in [4.78, 5) is 2.13. The third-order valence-electron chi connectivity index (χ3n) is 2.50. The average Bonchev–Trinajstić information content (AvgIpc) is 2.05. The van der Waals surface area contributed by atoms with Gasteiger partial charge in [0.25, 0.3) is 0 Å². The highest BCUT2D eigenvalue weighted by Gasteiger charge is 2.14. The Balaban J connectivity index is 2.98. The van der Waals surface area contributed by atoms with Gasteiger partial charge >= 0.3 is 0 Å². The van der Waals surface area contributed by atoms with Crippen LogP contribution in [0.25, 0.3) is 0 Å². The molecule has 0 aliphatic carbocycles. The molecule has 0 saturated carbocycles. The highest BCUT2D eigenvalue weighted by atomic mass is 15.0. The summed E-state index contributed by atoms with van der Waals surface area (Å²) in [6, 6.07) is 6.41. The summed E-state index contributed by atoms with van der Waals surface area (Å²) < 4.78 is 0. The molecule has 0 bridgehead atoms. The Kier molecular flexibility index (Phi) is 3.40. The predicted molar refractivity (Wildman–Crippen MR) is 66.9 cm³/mol. The van der Waals surface area contributed by atoms with E-state index < -0.39 is 0 Å². The fourth-order valence-corrected chi connectivity index (χ4v) is 1.55. The van der Waals surface area contributed by atoms with Gasteiger partial charge in [-0.1, -0.05) is 32.9 Å². The SMILES string of the molecule is CN(C)Cc1ccc(C(C)(C)C)cc1N. The molecule has 0 unspecified atom stereocenters.